The smallest absolute Gasteiger partial charge is 0.316 e. The van der Waals surface area contributed by atoms with Crippen LogP contribution in [0.5, 0.6) is 5.75 Å². The van der Waals surface area contributed by atoms with Crippen LogP contribution in [0, 0.1) is 0 Å². The third kappa shape index (κ3) is 4.88. The molecule has 5 heteroatoms. The predicted octanol–water partition coefficient (Wildman–Crippen LogP) is 4.09. The first-order valence-electron chi connectivity index (χ1n) is 8.73. The number of fused-ring (bicyclic) bond motifs is 1. The maximum atomic E-state index is 12.3. The number of Topliss-reactive ketones (excluding diaryl/α,β-unsaturated/α-hetero) is 1. The van der Waals surface area contributed by atoms with Gasteiger partial charge >= 0.3 is 5.97 Å². The highest BCUT2D eigenvalue weighted by molar-refractivity contribution is 8.00. The van der Waals surface area contributed by atoms with Gasteiger partial charge in [-0.05, 0) is 67.1 Å². The first-order valence-corrected chi connectivity index (χ1v) is 9.72. The standard InChI is InChI=1S/C21H22O4S/c1-24-18-8-10-19(11-9-18)26-14-21(23)25-13-20(22)17-7-6-15-4-2-3-5-16(15)12-17/h6-12H,2-5,13-14H2,1H3. The topological polar surface area (TPSA) is 52.6 Å². The maximum absolute atomic E-state index is 12.3. The molecule has 0 N–H and O–H groups in total. The molecule has 26 heavy (non-hydrogen) atoms. The van der Waals surface area contributed by atoms with Crippen molar-refractivity contribution >= 4 is 23.5 Å². The Kier molecular flexibility index (Phi) is 6.34. The number of benzene rings is 2. The summed E-state index contributed by atoms with van der Waals surface area (Å²) in [6, 6.07) is 13.3. The molecule has 0 heterocycles. The van der Waals surface area contributed by atoms with Gasteiger partial charge < -0.3 is 9.47 Å². The summed E-state index contributed by atoms with van der Waals surface area (Å²) in [4.78, 5) is 25.1. The predicted molar refractivity (Wildman–Crippen MR) is 102 cm³/mol. The highest BCUT2D eigenvalue weighted by Gasteiger charge is 2.14. The SMILES string of the molecule is COc1ccc(SCC(=O)OCC(=O)c2ccc3c(c2)CCCC3)cc1. The van der Waals surface area contributed by atoms with Crippen molar-refractivity contribution in [2.45, 2.75) is 30.6 Å². The Morgan fingerprint density at radius 3 is 2.46 bits per heavy atom. The number of ketones is 1. The number of methoxy groups -OCH3 is 1. The van der Waals surface area contributed by atoms with Crippen molar-refractivity contribution in [2.75, 3.05) is 19.5 Å². The second-order valence-electron chi connectivity index (χ2n) is 6.24. The molecule has 0 saturated heterocycles. The zero-order valence-corrected chi connectivity index (χ0v) is 15.6. The van der Waals surface area contributed by atoms with Crippen LogP contribution in [0.4, 0.5) is 0 Å². The highest BCUT2D eigenvalue weighted by atomic mass is 32.2. The van der Waals surface area contributed by atoms with Crippen LogP contribution in [0.1, 0.15) is 34.3 Å². The summed E-state index contributed by atoms with van der Waals surface area (Å²) in [6.07, 6.45) is 4.49. The molecule has 0 saturated carbocycles. The third-order valence-corrected chi connectivity index (χ3v) is 5.44. The average Bonchev–Trinajstić information content (AvgIpc) is 2.70. The van der Waals surface area contributed by atoms with E-state index >= 15 is 0 Å². The van der Waals surface area contributed by atoms with Crippen molar-refractivity contribution < 1.29 is 19.1 Å². The van der Waals surface area contributed by atoms with Gasteiger partial charge in [0.25, 0.3) is 0 Å². The summed E-state index contributed by atoms with van der Waals surface area (Å²) in [5, 5.41) is 0. The van der Waals surface area contributed by atoms with E-state index in [9.17, 15) is 9.59 Å². The molecule has 0 unspecified atom stereocenters. The van der Waals surface area contributed by atoms with Gasteiger partial charge in [0.15, 0.2) is 12.4 Å². The molecule has 136 valence electrons. The third-order valence-electron chi connectivity index (χ3n) is 4.45. The number of aryl methyl sites for hydroxylation is 2. The lowest BCUT2D eigenvalue weighted by molar-refractivity contribution is -0.139. The highest BCUT2D eigenvalue weighted by Crippen LogP contribution is 2.23. The second kappa shape index (κ2) is 8.90. The van der Waals surface area contributed by atoms with Crippen molar-refractivity contribution in [2.24, 2.45) is 0 Å². The molecular formula is C21H22O4S. The Bertz CT molecular complexity index is 783. The molecule has 0 radical (unpaired) electrons. The monoisotopic (exact) mass is 370 g/mol. The molecule has 0 amide bonds. The summed E-state index contributed by atoms with van der Waals surface area (Å²) in [6.45, 7) is -0.208. The van der Waals surface area contributed by atoms with E-state index in [1.54, 1.807) is 7.11 Å². The van der Waals surface area contributed by atoms with Gasteiger partial charge in [-0.3, -0.25) is 9.59 Å². The van der Waals surface area contributed by atoms with Gasteiger partial charge in [0.05, 0.1) is 12.9 Å². The molecule has 0 atom stereocenters. The first-order chi connectivity index (χ1) is 12.7. The van der Waals surface area contributed by atoms with Crippen molar-refractivity contribution in [3.05, 3.63) is 59.2 Å². The van der Waals surface area contributed by atoms with E-state index in [1.165, 1.54) is 35.7 Å². The molecular weight excluding hydrogens is 348 g/mol. The quantitative estimate of drug-likeness (QED) is 0.417. The van der Waals surface area contributed by atoms with E-state index in [2.05, 4.69) is 0 Å². The fourth-order valence-electron chi connectivity index (χ4n) is 2.99. The normalized spacial score (nSPS) is 13.0. The van der Waals surface area contributed by atoms with E-state index in [4.69, 9.17) is 9.47 Å². The Balaban J connectivity index is 1.47. The Morgan fingerprint density at radius 2 is 1.73 bits per heavy atom. The molecule has 0 aliphatic heterocycles. The van der Waals surface area contributed by atoms with Crippen molar-refractivity contribution in [3.8, 4) is 5.75 Å². The number of carbonyl (C=O) groups is 2. The minimum absolute atomic E-state index is 0.152. The van der Waals surface area contributed by atoms with Crippen LogP contribution in [0.25, 0.3) is 0 Å². The molecule has 2 aromatic carbocycles. The fourth-order valence-corrected chi connectivity index (χ4v) is 3.69. The number of ether oxygens (including phenoxy) is 2. The first kappa shape index (κ1) is 18.5. The average molecular weight is 370 g/mol. The molecule has 4 nitrogen and oxygen atoms in total. The van der Waals surface area contributed by atoms with Gasteiger partial charge in [0.1, 0.15) is 5.75 Å². The molecule has 1 aliphatic rings. The van der Waals surface area contributed by atoms with Crippen molar-refractivity contribution in [1.29, 1.82) is 0 Å². The minimum Gasteiger partial charge on any atom is -0.497 e. The lowest BCUT2D eigenvalue weighted by atomic mass is 9.90. The van der Waals surface area contributed by atoms with Crippen LogP contribution in [-0.2, 0) is 22.4 Å². The molecule has 0 fully saturated rings. The molecule has 2 aromatic rings. The summed E-state index contributed by atoms with van der Waals surface area (Å²) in [5.74, 6) is 0.398. The van der Waals surface area contributed by atoms with Crippen LogP contribution < -0.4 is 4.74 Å². The lowest BCUT2D eigenvalue weighted by Crippen LogP contribution is -2.16. The Hall–Kier alpha value is -2.27. The number of thioether (sulfide) groups is 1. The number of hydrogen-bond acceptors (Lipinski definition) is 5. The maximum Gasteiger partial charge on any atom is 0.316 e. The number of esters is 1. The summed E-state index contributed by atoms with van der Waals surface area (Å²) in [5.41, 5.74) is 3.21. The van der Waals surface area contributed by atoms with Crippen LogP contribution in [-0.4, -0.2) is 31.2 Å². The Morgan fingerprint density at radius 1 is 1.00 bits per heavy atom. The fraction of sp³-hybridized carbons (Fsp3) is 0.333. The molecule has 0 bridgehead atoms. The van der Waals surface area contributed by atoms with Gasteiger partial charge in [-0.1, -0.05) is 12.1 Å². The van der Waals surface area contributed by atoms with Gasteiger partial charge in [0.2, 0.25) is 0 Å². The lowest BCUT2D eigenvalue weighted by Gasteiger charge is -2.16. The largest absolute Gasteiger partial charge is 0.497 e. The Labute approximate surface area is 157 Å². The van der Waals surface area contributed by atoms with Crippen LogP contribution in [0.2, 0.25) is 0 Å². The van der Waals surface area contributed by atoms with Crippen LogP contribution >= 0.6 is 11.8 Å². The van der Waals surface area contributed by atoms with Crippen molar-refractivity contribution in [3.63, 3.8) is 0 Å². The minimum atomic E-state index is -0.392. The van der Waals surface area contributed by atoms with Gasteiger partial charge in [0, 0.05) is 10.5 Å². The molecule has 0 aromatic heterocycles. The summed E-state index contributed by atoms with van der Waals surface area (Å²) < 4.78 is 10.2. The van der Waals surface area contributed by atoms with Crippen LogP contribution in [0.15, 0.2) is 47.4 Å². The number of rotatable bonds is 7. The van der Waals surface area contributed by atoms with Gasteiger partial charge in [-0.25, -0.2) is 0 Å². The number of carbonyl (C=O) groups excluding carboxylic acids is 2. The summed E-state index contributed by atoms with van der Waals surface area (Å²) in [7, 11) is 1.61. The molecule has 1 aliphatic carbocycles. The zero-order valence-electron chi connectivity index (χ0n) is 14.8. The summed E-state index contributed by atoms with van der Waals surface area (Å²) >= 11 is 1.37. The van der Waals surface area contributed by atoms with Crippen molar-refractivity contribution in [1.82, 2.24) is 0 Å². The zero-order chi connectivity index (χ0) is 18.4. The number of hydrogen-bond donors (Lipinski definition) is 0. The van der Waals surface area contributed by atoms with E-state index in [0.717, 1.165) is 23.5 Å². The van der Waals surface area contributed by atoms with Gasteiger partial charge in [-0.2, -0.15) is 0 Å². The van der Waals surface area contributed by atoms with E-state index < -0.39 is 5.97 Å². The van der Waals surface area contributed by atoms with Crippen LogP contribution in [0.3, 0.4) is 0 Å². The van der Waals surface area contributed by atoms with E-state index in [0.29, 0.717) is 5.56 Å². The second-order valence-corrected chi connectivity index (χ2v) is 7.29. The molecule has 0 spiro atoms. The molecule has 3 rings (SSSR count). The van der Waals surface area contributed by atoms with E-state index in [-0.39, 0.29) is 18.1 Å². The van der Waals surface area contributed by atoms with Gasteiger partial charge in [-0.15, -0.1) is 11.8 Å². The van der Waals surface area contributed by atoms with E-state index in [1.807, 2.05) is 42.5 Å².